The summed E-state index contributed by atoms with van der Waals surface area (Å²) in [5, 5.41) is 6.25. The summed E-state index contributed by atoms with van der Waals surface area (Å²) in [4.78, 5) is 3.65. The van der Waals surface area contributed by atoms with Crippen LogP contribution in [0.1, 0.15) is 31.9 Å². The van der Waals surface area contributed by atoms with E-state index < -0.39 is 0 Å². The molecule has 0 unspecified atom stereocenters. The van der Waals surface area contributed by atoms with Gasteiger partial charge in [-0.3, -0.25) is 4.90 Å². The molecule has 0 aromatic carbocycles. The van der Waals surface area contributed by atoms with Crippen molar-refractivity contribution in [3.05, 3.63) is 29.3 Å². The van der Waals surface area contributed by atoms with Gasteiger partial charge in [0.2, 0.25) is 0 Å². The number of piperidine rings is 1. The van der Waals surface area contributed by atoms with Gasteiger partial charge >= 0.3 is 0 Å². The molecule has 96 valence electrons. The van der Waals surface area contributed by atoms with Gasteiger partial charge in [0.25, 0.3) is 0 Å². The van der Waals surface area contributed by atoms with Crippen LogP contribution in [0.5, 0.6) is 0 Å². The Bertz CT molecular complexity index is 492. The van der Waals surface area contributed by atoms with Gasteiger partial charge in [0, 0.05) is 18.7 Å². The van der Waals surface area contributed by atoms with Crippen molar-refractivity contribution in [1.82, 2.24) is 10.1 Å². The fourth-order valence-corrected chi connectivity index (χ4v) is 3.20. The SMILES string of the molecule is C[C@@H]1CCCCN1Cc1cc(-c2cccs2)on1. The van der Waals surface area contributed by atoms with E-state index in [0.717, 1.165) is 22.9 Å². The summed E-state index contributed by atoms with van der Waals surface area (Å²) in [5.41, 5.74) is 1.05. The summed E-state index contributed by atoms with van der Waals surface area (Å²) in [6, 6.07) is 6.85. The second kappa shape index (κ2) is 5.24. The van der Waals surface area contributed by atoms with Gasteiger partial charge in [0.15, 0.2) is 5.76 Å². The van der Waals surface area contributed by atoms with Gasteiger partial charge in [0.1, 0.15) is 0 Å². The highest BCUT2D eigenvalue weighted by atomic mass is 32.1. The van der Waals surface area contributed by atoms with Crippen molar-refractivity contribution in [2.45, 2.75) is 38.8 Å². The largest absolute Gasteiger partial charge is 0.355 e. The van der Waals surface area contributed by atoms with Crippen molar-refractivity contribution in [1.29, 1.82) is 0 Å². The normalized spacial score (nSPS) is 21.3. The van der Waals surface area contributed by atoms with Gasteiger partial charge in [-0.25, -0.2) is 0 Å². The van der Waals surface area contributed by atoms with E-state index in [-0.39, 0.29) is 0 Å². The van der Waals surface area contributed by atoms with Gasteiger partial charge < -0.3 is 4.52 Å². The molecule has 2 aromatic rings. The van der Waals surface area contributed by atoms with Crippen LogP contribution in [0, 0.1) is 0 Å². The Kier molecular flexibility index (Phi) is 3.48. The van der Waals surface area contributed by atoms with Crippen LogP contribution in [-0.4, -0.2) is 22.6 Å². The van der Waals surface area contributed by atoms with E-state index in [4.69, 9.17) is 4.52 Å². The van der Waals surface area contributed by atoms with Crippen LogP contribution in [0.2, 0.25) is 0 Å². The highest BCUT2D eigenvalue weighted by molar-refractivity contribution is 7.13. The van der Waals surface area contributed by atoms with Crippen molar-refractivity contribution in [3.63, 3.8) is 0 Å². The molecule has 1 aliphatic rings. The monoisotopic (exact) mass is 262 g/mol. The topological polar surface area (TPSA) is 29.3 Å². The van der Waals surface area contributed by atoms with Gasteiger partial charge in [0.05, 0.1) is 10.6 Å². The summed E-state index contributed by atoms with van der Waals surface area (Å²) in [7, 11) is 0. The lowest BCUT2D eigenvalue weighted by Gasteiger charge is -2.32. The maximum atomic E-state index is 5.42. The van der Waals surface area contributed by atoms with E-state index >= 15 is 0 Å². The number of rotatable bonds is 3. The molecule has 0 aliphatic carbocycles. The van der Waals surface area contributed by atoms with Crippen LogP contribution in [-0.2, 0) is 6.54 Å². The molecule has 0 saturated carbocycles. The van der Waals surface area contributed by atoms with Gasteiger partial charge in [-0.2, -0.15) is 0 Å². The Morgan fingerprint density at radius 3 is 3.22 bits per heavy atom. The molecule has 18 heavy (non-hydrogen) atoms. The highest BCUT2D eigenvalue weighted by Crippen LogP contribution is 2.26. The molecule has 4 heteroatoms. The molecule has 2 aromatic heterocycles. The second-order valence-corrected chi connectivity index (χ2v) is 5.92. The molecule has 0 radical (unpaired) electrons. The third-order valence-electron chi connectivity index (χ3n) is 3.63. The third kappa shape index (κ3) is 2.49. The van der Waals surface area contributed by atoms with Crippen LogP contribution in [0.4, 0.5) is 0 Å². The van der Waals surface area contributed by atoms with E-state index in [0.29, 0.717) is 6.04 Å². The molecule has 3 rings (SSSR count). The Morgan fingerprint density at radius 1 is 1.50 bits per heavy atom. The number of likely N-dealkylation sites (tertiary alicyclic amines) is 1. The van der Waals surface area contributed by atoms with Gasteiger partial charge in [-0.15, -0.1) is 11.3 Å². The van der Waals surface area contributed by atoms with E-state index in [1.54, 1.807) is 11.3 Å². The zero-order valence-electron chi connectivity index (χ0n) is 10.6. The fourth-order valence-electron chi connectivity index (χ4n) is 2.52. The Labute approximate surface area is 111 Å². The maximum absolute atomic E-state index is 5.42. The van der Waals surface area contributed by atoms with Crippen molar-refractivity contribution in [2.75, 3.05) is 6.54 Å². The fraction of sp³-hybridized carbons (Fsp3) is 0.500. The zero-order chi connectivity index (χ0) is 12.4. The van der Waals surface area contributed by atoms with Crippen molar-refractivity contribution < 1.29 is 4.52 Å². The predicted octanol–water partition coefficient (Wildman–Crippen LogP) is 3.78. The van der Waals surface area contributed by atoms with Crippen molar-refractivity contribution in [3.8, 4) is 10.6 Å². The van der Waals surface area contributed by atoms with Crippen molar-refractivity contribution >= 4 is 11.3 Å². The van der Waals surface area contributed by atoms with E-state index in [1.165, 1.54) is 25.8 Å². The number of hydrogen-bond donors (Lipinski definition) is 0. The minimum Gasteiger partial charge on any atom is -0.355 e. The Balaban J connectivity index is 1.70. The van der Waals surface area contributed by atoms with Crippen LogP contribution in [0.15, 0.2) is 28.1 Å². The average molecular weight is 262 g/mol. The van der Waals surface area contributed by atoms with Crippen LogP contribution >= 0.6 is 11.3 Å². The molecule has 0 bridgehead atoms. The molecule has 3 heterocycles. The minimum atomic E-state index is 0.667. The average Bonchev–Trinajstić information content (AvgIpc) is 3.02. The lowest BCUT2D eigenvalue weighted by atomic mass is 10.0. The van der Waals surface area contributed by atoms with Gasteiger partial charge in [-0.1, -0.05) is 17.6 Å². The van der Waals surface area contributed by atoms with Crippen LogP contribution < -0.4 is 0 Å². The van der Waals surface area contributed by atoms with E-state index in [9.17, 15) is 0 Å². The second-order valence-electron chi connectivity index (χ2n) is 4.98. The zero-order valence-corrected chi connectivity index (χ0v) is 11.4. The Hall–Kier alpha value is -1.13. The molecule has 0 spiro atoms. The molecular formula is C14H18N2OS. The molecular weight excluding hydrogens is 244 g/mol. The molecule has 0 amide bonds. The molecule has 1 atom stereocenters. The first-order valence-corrected chi connectivity index (χ1v) is 7.44. The lowest BCUT2D eigenvalue weighted by molar-refractivity contribution is 0.149. The first kappa shape index (κ1) is 11.9. The predicted molar refractivity (Wildman–Crippen MR) is 73.5 cm³/mol. The smallest absolute Gasteiger partial charge is 0.177 e. The molecule has 1 fully saturated rings. The van der Waals surface area contributed by atoms with E-state index in [2.05, 4.69) is 34.5 Å². The number of hydrogen-bond acceptors (Lipinski definition) is 4. The number of aromatic nitrogens is 1. The first-order valence-electron chi connectivity index (χ1n) is 6.56. The first-order chi connectivity index (χ1) is 8.83. The summed E-state index contributed by atoms with van der Waals surface area (Å²) < 4.78 is 5.42. The summed E-state index contributed by atoms with van der Waals surface area (Å²) in [6.07, 6.45) is 3.96. The molecule has 1 aliphatic heterocycles. The quantitative estimate of drug-likeness (QED) is 0.843. The highest BCUT2D eigenvalue weighted by Gasteiger charge is 2.19. The molecule has 0 N–H and O–H groups in total. The Morgan fingerprint density at radius 2 is 2.44 bits per heavy atom. The van der Waals surface area contributed by atoms with Gasteiger partial charge in [-0.05, 0) is 37.8 Å². The summed E-state index contributed by atoms with van der Waals surface area (Å²) in [6.45, 7) is 4.40. The third-order valence-corrected chi connectivity index (χ3v) is 4.51. The number of nitrogens with zero attached hydrogens (tertiary/aromatic N) is 2. The minimum absolute atomic E-state index is 0.667. The number of thiophene rings is 1. The summed E-state index contributed by atoms with van der Waals surface area (Å²) in [5.74, 6) is 0.893. The summed E-state index contributed by atoms with van der Waals surface area (Å²) >= 11 is 1.69. The molecule has 3 nitrogen and oxygen atoms in total. The van der Waals surface area contributed by atoms with Crippen molar-refractivity contribution in [2.24, 2.45) is 0 Å². The van der Waals surface area contributed by atoms with Crippen LogP contribution in [0.25, 0.3) is 10.6 Å². The van der Waals surface area contributed by atoms with Crippen LogP contribution in [0.3, 0.4) is 0 Å². The van der Waals surface area contributed by atoms with E-state index in [1.807, 2.05) is 6.07 Å². The molecule has 1 saturated heterocycles. The lowest BCUT2D eigenvalue weighted by Crippen LogP contribution is -2.36. The standard InChI is InChI=1S/C14H18N2OS/c1-11-5-2-3-7-16(11)10-12-9-13(17-15-12)14-6-4-8-18-14/h4,6,8-9,11H,2-3,5,7,10H2,1H3/t11-/m1/s1. The maximum Gasteiger partial charge on any atom is 0.177 e.